The number of alkyl halides is 2. The number of rotatable bonds is 3. The maximum Gasteiger partial charge on any atom is 0.380 e. The summed E-state index contributed by atoms with van der Waals surface area (Å²) in [4.78, 5) is 11.2. The van der Waals surface area contributed by atoms with Crippen LogP contribution in [0.1, 0.15) is 32.6 Å². The van der Waals surface area contributed by atoms with Gasteiger partial charge in [-0.3, -0.25) is 0 Å². The monoisotopic (exact) mass is 234 g/mol. The van der Waals surface area contributed by atoms with Crippen molar-refractivity contribution in [3.8, 4) is 0 Å². The first kappa shape index (κ1) is 11.8. The van der Waals surface area contributed by atoms with Gasteiger partial charge in [0.2, 0.25) is 0 Å². The Balaban J connectivity index is 2.19. The zero-order valence-corrected chi connectivity index (χ0v) is 9.21. The predicted molar refractivity (Wildman–Crippen MR) is 52.0 cm³/mol. The second-order valence-corrected chi connectivity index (χ2v) is 4.80. The molecule has 2 fully saturated rings. The van der Waals surface area contributed by atoms with E-state index < -0.39 is 23.4 Å². The van der Waals surface area contributed by atoms with Crippen molar-refractivity contribution in [3.05, 3.63) is 0 Å². The third-order valence-corrected chi connectivity index (χ3v) is 3.89. The second kappa shape index (κ2) is 3.65. The Morgan fingerprint density at radius 2 is 2.25 bits per heavy atom. The lowest BCUT2D eigenvalue weighted by Crippen LogP contribution is -2.57. The first-order chi connectivity index (χ1) is 7.41. The molecule has 2 aliphatic rings. The van der Waals surface area contributed by atoms with E-state index in [1.54, 1.807) is 0 Å². The molecule has 0 saturated heterocycles. The van der Waals surface area contributed by atoms with Crippen LogP contribution in [-0.2, 0) is 9.53 Å². The van der Waals surface area contributed by atoms with Gasteiger partial charge in [-0.1, -0.05) is 0 Å². The number of esters is 1. The first-order valence-corrected chi connectivity index (χ1v) is 5.69. The van der Waals surface area contributed by atoms with Crippen LogP contribution >= 0.6 is 0 Å². The molecule has 0 heterocycles. The fraction of sp³-hybridized carbons (Fsp3) is 0.909. The average Bonchev–Trinajstić information content (AvgIpc) is 2.78. The Labute approximate surface area is 92.8 Å². The number of halogens is 2. The SMILES string of the molecule is CCOC(=O)C(F)(F)C1(O)CC2CCC1C2. The van der Waals surface area contributed by atoms with E-state index in [4.69, 9.17) is 0 Å². The van der Waals surface area contributed by atoms with Gasteiger partial charge in [-0.2, -0.15) is 8.78 Å². The number of carbonyl (C=O) groups is 1. The van der Waals surface area contributed by atoms with Crippen LogP contribution in [-0.4, -0.2) is 29.2 Å². The summed E-state index contributed by atoms with van der Waals surface area (Å²) in [6.45, 7) is 1.37. The van der Waals surface area contributed by atoms with E-state index in [1.165, 1.54) is 6.92 Å². The second-order valence-electron chi connectivity index (χ2n) is 4.80. The highest BCUT2D eigenvalue weighted by Crippen LogP contribution is 2.56. The lowest BCUT2D eigenvalue weighted by molar-refractivity contribution is -0.225. The Morgan fingerprint density at radius 3 is 2.69 bits per heavy atom. The molecule has 2 bridgehead atoms. The van der Waals surface area contributed by atoms with Crippen molar-refractivity contribution in [2.24, 2.45) is 11.8 Å². The third kappa shape index (κ3) is 1.44. The number of fused-ring (bicyclic) bond motifs is 2. The molecule has 92 valence electrons. The average molecular weight is 234 g/mol. The van der Waals surface area contributed by atoms with Crippen molar-refractivity contribution in [3.63, 3.8) is 0 Å². The van der Waals surface area contributed by atoms with Gasteiger partial charge in [0.1, 0.15) is 5.60 Å². The summed E-state index contributed by atoms with van der Waals surface area (Å²) in [6.07, 6.45) is 2.08. The van der Waals surface area contributed by atoms with E-state index in [0.717, 1.165) is 6.42 Å². The predicted octanol–water partition coefficient (Wildman–Crippen LogP) is 1.74. The summed E-state index contributed by atoms with van der Waals surface area (Å²) < 4.78 is 32.0. The summed E-state index contributed by atoms with van der Waals surface area (Å²) in [5, 5.41) is 10.1. The summed E-state index contributed by atoms with van der Waals surface area (Å²) in [7, 11) is 0. The maximum atomic E-state index is 13.8. The van der Waals surface area contributed by atoms with Gasteiger partial charge in [0.15, 0.2) is 0 Å². The Morgan fingerprint density at radius 1 is 1.56 bits per heavy atom. The molecule has 1 N–H and O–H groups in total. The molecular formula is C11H16F2O3. The van der Waals surface area contributed by atoms with Crippen LogP contribution in [0.15, 0.2) is 0 Å². The van der Waals surface area contributed by atoms with Crippen molar-refractivity contribution in [1.82, 2.24) is 0 Å². The van der Waals surface area contributed by atoms with Crippen LogP contribution in [0.5, 0.6) is 0 Å². The van der Waals surface area contributed by atoms with Crippen molar-refractivity contribution >= 4 is 5.97 Å². The van der Waals surface area contributed by atoms with E-state index in [0.29, 0.717) is 12.8 Å². The van der Waals surface area contributed by atoms with Crippen LogP contribution in [0.2, 0.25) is 0 Å². The first-order valence-electron chi connectivity index (χ1n) is 5.69. The fourth-order valence-electron chi connectivity index (χ4n) is 3.08. The smallest absolute Gasteiger partial charge is 0.380 e. The minimum atomic E-state index is -3.77. The summed E-state index contributed by atoms with van der Waals surface area (Å²) in [6, 6.07) is 0. The number of ether oxygens (including phenoxy) is 1. The summed E-state index contributed by atoms with van der Waals surface area (Å²) >= 11 is 0. The Kier molecular flexibility index (Phi) is 2.69. The fourth-order valence-corrected chi connectivity index (χ4v) is 3.08. The van der Waals surface area contributed by atoms with Gasteiger partial charge in [0.05, 0.1) is 6.61 Å². The van der Waals surface area contributed by atoms with Gasteiger partial charge in [0.25, 0.3) is 0 Å². The molecule has 0 amide bonds. The highest BCUT2D eigenvalue weighted by molar-refractivity contribution is 5.79. The van der Waals surface area contributed by atoms with Gasteiger partial charge in [-0.05, 0) is 44.4 Å². The third-order valence-electron chi connectivity index (χ3n) is 3.89. The van der Waals surface area contributed by atoms with Gasteiger partial charge in [-0.15, -0.1) is 0 Å². The van der Waals surface area contributed by atoms with Crippen molar-refractivity contribution < 1.29 is 23.4 Å². The lowest BCUT2D eigenvalue weighted by Gasteiger charge is -2.37. The number of aliphatic hydroxyl groups is 1. The highest BCUT2D eigenvalue weighted by atomic mass is 19.3. The summed E-state index contributed by atoms with van der Waals surface area (Å²) in [5.41, 5.74) is -2.18. The highest BCUT2D eigenvalue weighted by Gasteiger charge is 2.67. The summed E-state index contributed by atoms with van der Waals surface area (Å²) in [5.74, 6) is -5.69. The van der Waals surface area contributed by atoms with Crippen LogP contribution in [0.25, 0.3) is 0 Å². The normalized spacial score (nSPS) is 37.8. The molecule has 0 spiro atoms. The lowest BCUT2D eigenvalue weighted by atomic mass is 9.79. The van der Waals surface area contributed by atoms with Crippen molar-refractivity contribution in [1.29, 1.82) is 0 Å². The van der Waals surface area contributed by atoms with Crippen LogP contribution in [0.3, 0.4) is 0 Å². The molecule has 16 heavy (non-hydrogen) atoms. The van der Waals surface area contributed by atoms with Crippen LogP contribution in [0, 0.1) is 11.8 Å². The van der Waals surface area contributed by atoms with E-state index in [1.807, 2.05) is 0 Å². The minimum absolute atomic E-state index is 0.0173. The maximum absolute atomic E-state index is 13.8. The molecule has 2 rings (SSSR count). The molecule has 2 aliphatic carbocycles. The van der Waals surface area contributed by atoms with Gasteiger partial charge >= 0.3 is 11.9 Å². The molecular weight excluding hydrogens is 218 g/mol. The molecule has 0 aromatic rings. The molecule has 5 heteroatoms. The molecule has 0 radical (unpaired) electrons. The molecule has 0 aromatic heterocycles. The van der Waals surface area contributed by atoms with Gasteiger partial charge in [0, 0.05) is 0 Å². The number of carbonyl (C=O) groups excluding carboxylic acids is 1. The van der Waals surface area contributed by atoms with E-state index in [9.17, 15) is 18.7 Å². The number of hydrogen-bond donors (Lipinski definition) is 1. The molecule has 3 unspecified atom stereocenters. The van der Waals surface area contributed by atoms with Crippen LogP contribution < -0.4 is 0 Å². The van der Waals surface area contributed by atoms with Gasteiger partial charge < -0.3 is 9.84 Å². The van der Waals surface area contributed by atoms with Crippen molar-refractivity contribution in [2.45, 2.75) is 44.1 Å². The number of hydrogen-bond acceptors (Lipinski definition) is 3. The Hall–Kier alpha value is -0.710. The largest absolute Gasteiger partial charge is 0.461 e. The molecule has 0 aromatic carbocycles. The standard InChI is InChI=1S/C11H16F2O3/c1-2-16-9(14)11(12,13)10(15)6-7-3-4-8(10)5-7/h7-8,15H,2-6H2,1H3. The molecule has 3 nitrogen and oxygen atoms in total. The van der Waals surface area contributed by atoms with E-state index in [2.05, 4.69) is 4.74 Å². The van der Waals surface area contributed by atoms with Crippen LogP contribution in [0.4, 0.5) is 8.78 Å². The topological polar surface area (TPSA) is 46.5 Å². The zero-order valence-electron chi connectivity index (χ0n) is 9.21. The van der Waals surface area contributed by atoms with Crippen molar-refractivity contribution in [2.75, 3.05) is 6.61 Å². The Bertz CT molecular complexity index is 306. The van der Waals surface area contributed by atoms with Gasteiger partial charge in [-0.25, -0.2) is 4.79 Å². The zero-order chi connectivity index (χ0) is 12.0. The molecule has 2 saturated carbocycles. The van der Waals surface area contributed by atoms with E-state index in [-0.39, 0.29) is 18.9 Å². The minimum Gasteiger partial charge on any atom is -0.461 e. The quantitative estimate of drug-likeness (QED) is 0.756. The van der Waals surface area contributed by atoms with E-state index >= 15 is 0 Å². The molecule has 3 atom stereocenters. The molecule has 0 aliphatic heterocycles.